The van der Waals surface area contributed by atoms with E-state index in [1.165, 1.54) is 0 Å². The third-order valence-corrected chi connectivity index (χ3v) is 2.86. The van der Waals surface area contributed by atoms with E-state index in [0.29, 0.717) is 26.1 Å². The van der Waals surface area contributed by atoms with Gasteiger partial charge in [0.05, 0.1) is 19.3 Å². The first kappa shape index (κ1) is 12.5. The molecule has 3 unspecified atom stereocenters. The summed E-state index contributed by atoms with van der Waals surface area (Å²) in [6.45, 7) is 0.984. The molecular formula is C13H18O4. The average molecular weight is 238 g/mol. The Morgan fingerprint density at radius 3 is 2.65 bits per heavy atom. The Balaban J connectivity index is 1.69. The fourth-order valence-corrected chi connectivity index (χ4v) is 1.86. The molecule has 4 nitrogen and oxygen atoms in total. The molecule has 0 saturated carbocycles. The monoisotopic (exact) mass is 238 g/mol. The van der Waals surface area contributed by atoms with Crippen LogP contribution in [0.4, 0.5) is 0 Å². The SMILES string of the molecule is OC1CCC(COCc2ccccc2)OC1O. The third-order valence-electron chi connectivity index (χ3n) is 2.86. The summed E-state index contributed by atoms with van der Waals surface area (Å²) in [4.78, 5) is 0. The molecule has 4 heteroatoms. The fraction of sp³-hybridized carbons (Fsp3) is 0.538. The molecule has 1 aliphatic heterocycles. The van der Waals surface area contributed by atoms with Gasteiger partial charge in [-0.3, -0.25) is 0 Å². The van der Waals surface area contributed by atoms with E-state index in [2.05, 4.69) is 0 Å². The molecule has 0 spiro atoms. The lowest BCUT2D eigenvalue weighted by Gasteiger charge is -2.30. The molecule has 1 heterocycles. The summed E-state index contributed by atoms with van der Waals surface area (Å²) in [6.07, 6.45) is -0.695. The van der Waals surface area contributed by atoms with Gasteiger partial charge in [0, 0.05) is 0 Å². The largest absolute Gasteiger partial charge is 0.388 e. The van der Waals surface area contributed by atoms with E-state index in [-0.39, 0.29) is 6.10 Å². The third kappa shape index (κ3) is 3.78. The highest BCUT2D eigenvalue weighted by atomic mass is 16.6. The molecule has 1 aromatic carbocycles. The van der Waals surface area contributed by atoms with Crippen LogP contribution in [0.5, 0.6) is 0 Å². The summed E-state index contributed by atoms with van der Waals surface area (Å²) in [7, 11) is 0. The van der Waals surface area contributed by atoms with Crippen molar-refractivity contribution in [3.63, 3.8) is 0 Å². The molecule has 3 atom stereocenters. The zero-order valence-electron chi connectivity index (χ0n) is 9.66. The topological polar surface area (TPSA) is 58.9 Å². The van der Waals surface area contributed by atoms with Crippen LogP contribution < -0.4 is 0 Å². The molecule has 1 fully saturated rings. The van der Waals surface area contributed by atoms with Gasteiger partial charge in [0.15, 0.2) is 6.29 Å². The normalized spacial score (nSPS) is 29.2. The van der Waals surface area contributed by atoms with Crippen molar-refractivity contribution < 1.29 is 19.7 Å². The van der Waals surface area contributed by atoms with Crippen LogP contribution in [0.15, 0.2) is 30.3 Å². The summed E-state index contributed by atoms with van der Waals surface area (Å²) in [5.74, 6) is 0. The molecule has 2 N–H and O–H groups in total. The lowest BCUT2D eigenvalue weighted by atomic mass is 10.1. The van der Waals surface area contributed by atoms with Crippen molar-refractivity contribution in [2.24, 2.45) is 0 Å². The second-order valence-corrected chi connectivity index (χ2v) is 4.29. The predicted octanol–water partition coefficient (Wildman–Crippen LogP) is 1.06. The Kier molecular flexibility index (Phi) is 4.50. The Morgan fingerprint density at radius 2 is 1.94 bits per heavy atom. The highest BCUT2D eigenvalue weighted by Crippen LogP contribution is 2.18. The Labute approximate surface area is 101 Å². The van der Waals surface area contributed by atoms with Crippen LogP contribution >= 0.6 is 0 Å². The van der Waals surface area contributed by atoms with Gasteiger partial charge in [-0.1, -0.05) is 30.3 Å². The Hall–Kier alpha value is -0.940. The van der Waals surface area contributed by atoms with Crippen LogP contribution in [-0.4, -0.2) is 35.3 Å². The van der Waals surface area contributed by atoms with Crippen LogP contribution in [0.2, 0.25) is 0 Å². The molecule has 94 valence electrons. The van der Waals surface area contributed by atoms with Crippen LogP contribution in [-0.2, 0) is 16.1 Å². The number of hydrogen-bond acceptors (Lipinski definition) is 4. The van der Waals surface area contributed by atoms with Gasteiger partial charge in [0.25, 0.3) is 0 Å². The number of aliphatic hydroxyl groups is 2. The maximum Gasteiger partial charge on any atom is 0.181 e. The molecule has 0 amide bonds. The Morgan fingerprint density at radius 1 is 1.18 bits per heavy atom. The van der Waals surface area contributed by atoms with Crippen molar-refractivity contribution in [1.29, 1.82) is 0 Å². The lowest BCUT2D eigenvalue weighted by molar-refractivity contribution is -0.225. The van der Waals surface area contributed by atoms with E-state index >= 15 is 0 Å². The smallest absolute Gasteiger partial charge is 0.181 e. The van der Waals surface area contributed by atoms with Crippen LogP contribution in [0.25, 0.3) is 0 Å². The van der Waals surface area contributed by atoms with Gasteiger partial charge < -0.3 is 19.7 Å². The summed E-state index contributed by atoms with van der Waals surface area (Å²) < 4.78 is 10.7. The highest BCUT2D eigenvalue weighted by molar-refractivity contribution is 5.13. The van der Waals surface area contributed by atoms with Gasteiger partial charge in [-0.05, 0) is 18.4 Å². The van der Waals surface area contributed by atoms with E-state index < -0.39 is 12.4 Å². The van der Waals surface area contributed by atoms with Gasteiger partial charge in [-0.2, -0.15) is 0 Å². The van der Waals surface area contributed by atoms with Gasteiger partial charge in [-0.25, -0.2) is 0 Å². The van der Waals surface area contributed by atoms with Gasteiger partial charge >= 0.3 is 0 Å². The predicted molar refractivity (Wildman–Crippen MR) is 62.2 cm³/mol. The fourth-order valence-electron chi connectivity index (χ4n) is 1.86. The quantitative estimate of drug-likeness (QED) is 0.823. The maximum absolute atomic E-state index is 9.34. The molecule has 1 aliphatic rings. The van der Waals surface area contributed by atoms with E-state index in [1.54, 1.807) is 0 Å². The molecule has 0 radical (unpaired) electrons. The maximum atomic E-state index is 9.34. The molecular weight excluding hydrogens is 220 g/mol. The second-order valence-electron chi connectivity index (χ2n) is 4.29. The minimum absolute atomic E-state index is 0.128. The van der Waals surface area contributed by atoms with Gasteiger partial charge in [0.2, 0.25) is 0 Å². The molecule has 1 aromatic rings. The van der Waals surface area contributed by atoms with Crippen molar-refractivity contribution in [3.8, 4) is 0 Å². The number of hydrogen-bond donors (Lipinski definition) is 2. The van der Waals surface area contributed by atoms with Crippen molar-refractivity contribution >= 4 is 0 Å². The minimum Gasteiger partial charge on any atom is -0.388 e. The van der Waals surface area contributed by atoms with Crippen LogP contribution in [0, 0.1) is 0 Å². The summed E-state index contributed by atoms with van der Waals surface area (Å²) in [6, 6.07) is 9.90. The first-order valence-corrected chi connectivity index (χ1v) is 5.89. The Bertz CT molecular complexity index is 327. The first-order valence-electron chi connectivity index (χ1n) is 5.89. The molecule has 17 heavy (non-hydrogen) atoms. The molecule has 0 aromatic heterocycles. The van der Waals surface area contributed by atoms with E-state index in [1.807, 2.05) is 30.3 Å². The van der Waals surface area contributed by atoms with Crippen LogP contribution in [0.1, 0.15) is 18.4 Å². The summed E-state index contributed by atoms with van der Waals surface area (Å²) in [5, 5.41) is 18.6. The van der Waals surface area contributed by atoms with E-state index in [9.17, 15) is 10.2 Å². The number of rotatable bonds is 4. The summed E-state index contributed by atoms with van der Waals surface area (Å²) >= 11 is 0. The molecule has 1 saturated heterocycles. The van der Waals surface area contributed by atoms with E-state index in [4.69, 9.17) is 9.47 Å². The average Bonchev–Trinajstić information content (AvgIpc) is 2.35. The van der Waals surface area contributed by atoms with Gasteiger partial charge in [-0.15, -0.1) is 0 Å². The molecule has 0 bridgehead atoms. The minimum atomic E-state index is -1.07. The highest BCUT2D eigenvalue weighted by Gasteiger charge is 2.27. The van der Waals surface area contributed by atoms with Crippen molar-refractivity contribution in [1.82, 2.24) is 0 Å². The van der Waals surface area contributed by atoms with Crippen molar-refractivity contribution in [3.05, 3.63) is 35.9 Å². The number of aliphatic hydroxyl groups excluding tert-OH is 2. The first-order chi connectivity index (χ1) is 8.25. The van der Waals surface area contributed by atoms with Crippen LogP contribution in [0.3, 0.4) is 0 Å². The van der Waals surface area contributed by atoms with Gasteiger partial charge in [0.1, 0.15) is 6.10 Å². The molecule has 0 aliphatic carbocycles. The van der Waals surface area contributed by atoms with Crippen molar-refractivity contribution in [2.45, 2.75) is 37.9 Å². The standard InChI is InChI=1S/C13H18O4/c14-12-7-6-11(17-13(12)15)9-16-8-10-4-2-1-3-5-10/h1-5,11-15H,6-9H2. The summed E-state index contributed by atoms with van der Waals surface area (Å²) in [5.41, 5.74) is 1.11. The van der Waals surface area contributed by atoms with E-state index in [0.717, 1.165) is 5.56 Å². The number of benzene rings is 1. The zero-order valence-corrected chi connectivity index (χ0v) is 9.66. The number of ether oxygens (including phenoxy) is 2. The zero-order chi connectivity index (χ0) is 12.1. The lowest BCUT2D eigenvalue weighted by Crippen LogP contribution is -2.40. The molecule has 2 rings (SSSR count). The second kappa shape index (κ2) is 6.12. The van der Waals surface area contributed by atoms with Crippen molar-refractivity contribution in [2.75, 3.05) is 6.61 Å².